The van der Waals surface area contributed by atoms with Gasteiger partial charge in [-0.05, 0) is 12.5 Å². The SMILES string of the molecule is Cc1cn(C)nc1[C@@]1(CN)NC(=O)NC1=O. The number of urea groups is 1. The fourth-order valence-corrected chi connectivity index (χ4v) is 1.93. The summed E-state index contributed by atoms with van der Waals surface area (Å²) in [5, 5.41) is 8.89. The molecule has 1 aliphatic rings. The molecule has 1 aliphatic heterocycles. The van der Waals surface area contributed by atoms with E-state index in [2.05, 4.69) is 15.7 Å². The fourth-order valence-electron chi connectivity index (χ4n) is 1.93. The molecule has 1 aromatic rings. The predicted molar refractivity (Wildman–Crippen MR) is 55.4 cm³/mol. The molecule has 1 fully saturated rings. The van der Waals surface area contributed by atoms with E-state index in [1.165, 1.54) is 0 Å². The van der Waals surface area contributed by atoms with Crippen molar-refractivity contribution in [3.8, 4) is 0 Å². The Kier molecular flexibility index (Phi) is 2.20. The zero-order valence-electron chi connectivity index (χ0n) is 9.07. The minimum Gasteiger partial charge on any atom is -0.327 e. The first kappa shape index (κ1) is 10.6. The summed E-state index contributed by atoms with van der Waals surface area (Å²) >= 11 is 0. The van der Waals surface area contributed by atoms with E-state index in [9.17, 15) is 9.59 Å². The highest BCUT2D eigenvalue weighted by atomic mass is 16.2. The van der Waals surface area contributed by atoms with Crippen LogP contribution in [-0.2, 0) is 17.4 Å². The van der Waals surface area contributed by atoms with Crippen LogP contribution >= 0.6 is 0 Å². The maximum atomic E-state index is 11.8. The topological polar surface area (TPSA) is 102 Å². The van der Waals surface area contributed by atoms with Crippen LogP contribution in [0, 0.1) is 6.92 Å². The van der Waals surface area contributed by atoms with Gasteiger partial charge in [0.05, 0.1) is 0 Å². The van der Waals surface area contributed by atoms with Crippen molar-refractivity contribution in [3.63, 3.8) is 0 Å². The van der Waals surface area contributed by atoms with Crippen molar-refractivity contribution < 1.29 is 9.59 Å². The second-order valence-corrected chi connectivity index (χ2v) is 3.85. The van der Waals surface area contributed by atoms with Gasteiger partial charge in [-0.3, -0.25) is 14.8 Å². The van der Waals surface area contributed by atoms with Gasteiger partial charge >= 0.3 is 6.03 Å². The van der Waals surface area contributed by atoms with Crippen molar-refractivity contribution in [2.24, 2.45) is 12.8 Å². The molecule has 7 heteroatoms. The number of imide groups is 1. The molecule has 0 unspecified atom stereocenters. The Morgan fingerprint density at radius 3 is 2.62 bits per heavy atom. The van der Waals surface area contributed by atoms with E-state index in [0.29, 0.717) is 5.69 Å². The molecule has 0 aliphatic carbocycles. The van der Waals surface area contributed by atoms with Gasteiger partial charge in [-0.2, -0.15) is 5.10 Å². The highest BCUT2D eigenvalue weighted by Gasteiger charge is 2.49. The number of nitrogens with two attached hydrogens (primary N) is 1. The van der Waals surface area contributed by atoms with Gasteiger partial charge in [-0.25, -0.2) is 4.79 Å². The van der Waals surface area contributed by atoms with Crippen LogP contribution in [0.4, 0.5) is 4.79 Å². The van der Waals surface area contributed by atoms with Gasteiger partial charge in [0.25, 0.3) is 5.91 Å². The molecule has 16 heavy (non-hydrogen) atoms. The highest BCUT2D eigenvalue weighted by Crippen LogP contribution is 2.24. The maximum Gasteiger partial charge on any atom is 0.322 e. The Morgan fingerprint density at radius 1 is 1.56 bits per heavy atom. The molecule has 1 aromatic heterocycles. The normalized spacial score (nSPS) is 24.4. The number of amides is 3. The summed E-state index contributed by atoms with van der Waals surface area (Å²) < 4.78 is 1.58. The molecular weight excluding hydrogens is 210 g/mol. The standard InChI is InChI=1S/C9H13N5O2/c1-5-3-14(2)13-6(5)9(4-10)7(15)11-8(16)12-9/h3H,4,10H2,1-2H3,(H2,11,12,15,16)/t9-/m1/s1. The number of hydrogen-bond acceptors (Lipinski definition) is 4. The number of nitrogens with one attached hydrogen (secondary N) is 2. The van der Waals surface area contributed by atoms with E-state index >= 15 is 0 Å². The lowest BCUT2D eigenvalue weighted by molar-refractivity contribution is -0.124. The predicted octanol–water partition coefficient (Wildman–Crippen LogP) is -1.28. The van der Waals surface area contributed by atoms with E-state index in [1.807, 2.05) is 6.92 Å². The van der Waals surface area contributed by atoms with Crippen LogP contribution in [0.1, 0.15) is 11.3 Å². The third-order valence-corrected chi connectivity index (χ3v) is 2.66. The third kappa shape index (κ3) is 1.28. The zero-order chi connectivity index (χ0) is 11.9. The van der Waals surface area contributed by atoms with Crippen molar-refractivity contribution in [3.05, 3.63) is 17.5 Å². The highest BCUT2D eigenvalue weighted by molar-refractivity contribution is 6.07. The Morgan fingerprint density at radius 2 is 2.25 bits per heavy atom. The Balaban J connectivity index is 2.54. The monoisotopic (exact) mass is 223 g/mol. The molecule has 0 bridgehead atoms. The molecule has 4 N–H and O–H groups in total. The summed E-state index contributed by atoms with van der Waals surface area (Å²) in [7, 11) is 1.75. The Bertz CT molecular complexity index is 466. The molecule has 0 spiro atoms. The molecule has 86 valence electrons. The van der Waals surface area contributed by atoms with Crippen molar-refractivity contribution in [2.45, 2.75) is 12.5 Å². The molecule has 7 nitrogen and oxygen atoms in total. The minimum absolute atomic E-state index is 0.0254. The van der Waals surface area contributed by atoms with Gasteiger partial charge in [0, 0.05) is 19.8 Å². The van der Waals surface area contributed by atoms with E-state index in [4.69, 9.17) is 5.73 Å². The number of nitrogens with zero attached hydrogens (tertiary/aromatic N) is 2. The number of aryl methyl sites for hydroxylation is 2. The molecule has 0 aromatic carbocycles. The molecule has 2 rings (SSSR count). The molecule has 1 saturated heterocycles. The van der Waals surface area contributed by atoms with Crippen LogP contribution < -0.4 is 16.4 Å². The van der Waals surface area contributed by atoms with Crippen LogP contribution in [0.5, 0.6) is 0 Å². The van der Waals surface area contributed by atoms with Gasteiger partial charge in [0.1, 0.15) is 5.69 Å². The van der Waals surface area contributed by atoms with Gasteiger partial charge < -0.3 is 11.1 Å². The van der Waals surface area contributed by atoms with E-state index in [0.717, 1.165) is 5.56 Å². The average molecular weight is 223 g/mol. The molecular formula is C9H13N5O2. The largest absolute Gasteiger partial charge is 0.327 e. The summed E-state index contributed by atoms with van der Waals surface area (Å²) in [5.41, 5.74) is 5.67. The zero-order valence-corrected chi connectivity index (χ0v) is 9.07. The van der Waals surface area contributed by atoms with Gasteiger partial charge in [-0.1, -0.05) is 0 Å². The number of rotatable bonds is 2. The van der Waals surface area contributed by atoms with Crippen LogP contribution in [0.25, 0.3) is 0 Å². The van der Waals surface area contributed by atoms with E-state index in [1.54, 1.807) is 17.9 Å². The summed E-state index contributed by atoms with van der Waals surface area (Å²) in [4.78, 5) is 23.0. The first-order valence-electron chi connectivity index (χ1n) is 4.84. The van der Waals surface area contributed by atoms with Crippen LogP contribution in [0.2, 0.25) is 0 Å². The summed E-state index contributed by atoms with van der Waals surface area (Å²) in [5.74, 6) is -0.457. The lowest BCUT2D eigenvalue weighted by Gasteiger charge is -2.22. The van der Waals surface area contributed by atoms with Crippen molar-refractivity contribution in [1.82, 2.24) is 20.4 Å². The number of hydrogen-bond donors (Lipinski definition) is 3. The van der Waals surface area contributed by atoms with Crippen LogP contribution in [0.15, 0.2) is 6.20 Å². The Hall–Kier alpha value is -1.89. The minimum atomic E-state index is -1.23. The number of aromatic nitrogens is 2. The number of carbonyl (C=O) groups excluding carboxylic acids is 2. The molecule has 1 atom stereocenters. The van der Waals surface area contributed by atoms with Crippen molar-refractivity contribution in [1.29, 1.82) is 0 Å². The molecule has 0 radical (unpaired) electrons. The summed E-state index contributed by atoms with van der Waals surface area (Å²) in [6, 6.07) is -0.541. The van der Waals surface area contributed by atoms with Gasteiger partial charge in [0.15, 0.2) is 5.54 Å². The fraction of sp³-hybridized carbons (Fsp3) is 0.444. The van der Waals surface area contributed by atoms with Crippen LogP contribution in [0.3, 0.4) is 0 Å². The van der Waals surface area contributed by atoms with Crippen molar-refractivity contribution in [2.75, 3.05) is 6.54 Å². The van der Waals surface area contributed by atoms with Gasteiger partial charge in [-0.15, -0.1) is 0 Å². The summed E-state index contributed by atoms with van der Waals surface area (Å²) in [6.45, 7) is 1.79. The van der Waals surface area contributed by atoms with Crippen LogP contribution in [-0.4, -0.2) is 28.3 Å². The Labute approximate surface area is 92.0 Å². The first-order valence-corrected chi connectivity index (χ1v) is 4.84. The van der Waals surface area contributed by atoms with E-state index < -0.39 is 17.5 Å². The first-order chi connectivity index (χ1) is 7.49. The second kappa shape index (κ2) is 3.31. The lowest BCUT2D eigenvalue weighted by atomic mass is 9.93. The molecule has 3 amide bonds. The molecule has 0 saturated carbocycles. The number of carbonyl (C=O) groups is 2. The average Bonchev–Trinajstić information content (AvgIpc) is 2.67. The smallest absolute Gasteiger partial charge is 0.322 e. The molecule has 2 heterocycles. The maximum absolute atomic E-state index is 11.8. The quantitative estimate of drug-likeness (QED) is 0.543. The van der Waals surface area contributed by atoms with Crippen molar-refractivity contribution >= 4 is 11.9 Å². The van der Waals surface area contributed by atoms with Gasteiger partial charge in [0.2, 0.25) is 0 Å². The third-order valence-electron chi connectivity index (χ3n) is 2.66. The lowest BCUT2D eigenvalue weighted by Crippen LogP contribution is -2.50. The summed E-state index contributed by atoms with van der Waals surface area (Å²) in [6.07, 6.45) is 1.77. The second-order valence-electron chi connectivity index (χ2n) is 3.85. The van der Waals surface area contributed by atoms with E-state index in [-0.39, 0.29) is 6.54 Å².